The van der Waals surface area contributed by atoms with Crippen molar-refractivity contribution >= 4 is 22.9 Å². The minimum atomic E-state index is -0.173. The summed E-state index contributed by atoms with van der Waals surface area (Å²) in [6.07, 6.45) is 1.87. The van der Waals surface area contributed by atoms with E-state index in [2.05, 4.69) is 72.5 Å². The molecule has 1 unspecified atom stereocenters. The van der Waals surface area contributed by atoms with Gasteiger partial charge < -0.3 is 19.5 Å². The molecule has 7 heteroatoms. The van der Waals surface area contributed by atoms with Crippen LogP contribution in [-0.2, 0) is 11.2 Å². The van der Waals surface area contributed by atoms with Crippen LogP contribution in [0.25, 0.3) is 17.0 Å². The topological polar surface area (TPSA) is 63.4 Å². The number of aryl methyl sites for hydroxylation is 2. The van der Waals surface area contributed by atoms with Crippen LogP contribution in [0.1, 0.15) is 55.8 Å². The lowest BCUT2D eigenvalue weighted by atomic mass is 9.94. The van der Waals surface area contributed by atoms with E-state index in [1.54, 1.807) is 0 Å². The fourth-order valence-electron chi connectivity index (χ4n) is 4.15. The van der Waals surface area contributed by atoms with Crippen molar-refractivity contribution in [1.29, 1.82) is 0 Å². The molecule has 2 aromatic carbocycles. The van der Waals surface area contributed by atoms with Gasteiger partial charge in [0.05, 0.1) is 11.6 Å². The Morgan fingerprint density at radius 3 is 2.47 bits per heavy atom. The Kier molecular flexibility index (Phi) is 7.75. The van der Waals surface area contributed by atoms with E-state index in [-0.39, 0.29) is 6.04 Å². The van der Waals surface area contributed by atoms with Crippen LogP contribution < -0.4 is 5.32 Å². The standard InChI is InChI=1S/C27H32N4O2S/c1-5-20-10-14-21(15-11-20)24-23(19(4)31(27(34)28-24)16-7-17-32-6-2)26-29-25(30-33-26)22-12-8-18(3)9-13-22/h8-15,24H,5-7,16-17H2,1-4H3,(H,28,34). The Hall–Kier alpha value is -3.03. The maximum Gasteiger partial charge on any atom is 0.258 e. The number of nitrogens with zero attached hydrogens (tertiary/aromatic N) is 3. The van der Waals surface area contributed by atoms with Crippen molar-refractivity contribution in [2.24, 2.45) is 0 Å². The van der Waals surface area contributed by atoms with Crippen LogP contribution in [0.4, 0.5) is 0 Å². The van der Waals surface area contributed by atoms with Crippen molar-refractivity contribution in [3.63, 3.8) is 0 Å². The highest BCUT2D eigenvalue weighted by Crippen LogP contribution is 2.37. The molecule has 4 rings (SSSR count). The fraction of sp³-hybridized carbons (Fsp3) is 0.370. The zero-order chi connectivity index (χ0) is 24.1. The van der Waals surface area contributed by atoms with Crippen molar-refractivity contribution in [2.45, 2.75) is 46.6 Å². The van der Waals surface area contributed by atoms with Crippen molar-refractivity contribution in [2.75, 3.05) is 19.8 Å². The molecule has 0 fully saturated rings. The smallest absolute Gasteiger partial charge is 0.258 e. The molecule has 34 heavy (non-hydrogen) atoms. The summed E-state index contributed by atoms with van der Waals surface area (Å²) in [5, 5.41) is 8.51. The van der Waals surface area contributed by atoms with Gasteiger partial charge in [-0.05, 0) is 57.0 Å². The summed E-state index contributed by atoms with van der Waals surface area (Å²) in [5.74, 6) is 1.08. The van der Waals surface area contributed by atoms with Gasteiger partial charge in [0.1, 0.15) is 0 Å². The lowest BCUT2D eigenvalue weighted by Gasteiger charge is -2.37. The molecule has 3 aromatic rings. The lowest BCUT2D eigenvalue weighted by molar-refractivity contribution is 0.141. The van der Waals surface area contributed by atoms with E-state index in [9.17, 15) is 0 Å². The van der Waals surface area contributed by atoms with Gasteiger partial charge in [-0.3, -0.25) is 0 Å². The number of thiocarbonyl (C=S) groups is 1. The van der Waals surface area contributed by atoms with E-state index in [1.807, 2.05) is 19.1 Å². The van der Waals surface area contributed by atoms with Crippen molar-refractivity contribution in [1.82, 2.24) is 20.4 Å². The van der Waals surface area contributed by atoms with Gasteiger partial charge >= 0.3 is 0 Å². The molecule has 1 aromatic heterocycles. The number of nitrogens with one attached hydrogen (secondary N) is 1. The van der Waals surface area contributed by atoms with Crippen LogP contribution in [-0.4, -0.2) is 39.9 Å². The molecule has 0 bridgehead atoms. The van der Waals surface area contributed by atoms with Gasteiger partial charge in [-0.15, -0.1) is 0 Å². The van der Waals surface area contributed by atoms with Crippen molar-refractivity contribution in [3.8, 4) is 11.4 Å². The third-order valence-corrected chi connectivity index (χ3v) is 6.50. The van der Waals surface area contributed by atoms with Crippen LogP contribution in [0, 0.1) is 6.92 Å². The molecule has 178 valence electrons. The second-order valence-electron chi connectivity index (χ2n) is 8.47. The van der Waals surface area contributed by atoms with Gasteiger partial charge in [0, 0.05) is 31.0 Å². The number of allylic oxidation sites excluding steroid dienone is 1. The second-order valence-corrected chi connectivity index (χ2v) is 8.85. The molecule has 0 aliphatic carbocycles. The summed E-state index contributed by atoms with van der Waals surface area (Å²) in [4.78, 5) is 6.90. The van der Waals surface area contributed by atoms with Crippen molar-refractivity contribution < 1.29 is 9.26 Å². The third-order valence-electron chi connectivity index (χ3n) is 6.16. The van der Waals surface area contributed by atoms with Gasteiger partial charge in [-0.25, -0.2) is 0 Å². The maximum absolute atomic E-state index is 5.83. The summed E-state index contributed by atoms with van der Waals surface area (Å²) >= 11 is 5.78. The van der Waals surface area contributed by atoms with Gasteiger partial charge in [0.15, 0.2) is 5.11 Å². The van der Waals surface area contributed by atoms with Gasteiger partial charge in [-0.1, -0.05) is 66.2 Å². The maximum atomic E-state index is 5.83. The fourth-order valence-corrected chi connectivity index (χ4v) is 4.49. The Morgan fingerprint density at radius 2 is 1.79 bits per heavy atom. The summed E-state index contributed by atoms with van der Waals surface area (Å²) in [5.41, 5.74) is 6.48. The number of benzene rings is 2. The van der Waals surface area contributed by atoms with Crippen LogP contribution in [0.2, 0.25) is 0 Å². The lowest BCUT2D eigenvalue weighted by Crippen LogP contribution is -2.46. The Morgan fingerprint density at radius 1 is 1.06 bits per heavy atom. The Bertz CT molecular complexity index is 1150. The first-order valence-corrected chi connectivity index (χ1v) is 12.3. The molecular formula is C27H32N4O2S. The number of aromatic nitrogens is 2. The van der Waals surface area contributed by atoms with E-state index >= 15 is 0 Å². The minimum absolute atomic E-state index is 0.173. The average molecular weight is 477 g/mol. The number of hydrogen-bond donors (Lipinski definition) is 1. The van der Waals surface area contributed by atoms with E-state index < -0.39 is 0 Å². The first-order chi connectivity index (χ1) is 16.5. The molecule has 0 saturated heterocycles. The quantitative estimate of drug-likeness (QED) is 0.314. The largest absolute Gasteiger partial charge is 0.382 e. The summed E-state index contributed by atoms with van der Waals surface area (Å²) in [7, 11) is 0. The molecular weight excluding hydrogens is 444 g/mol. The van der Waals surface area contributed by atoms with Gasteiger partial charge in [0.25, 0.3) is 5.89 Å². The molecule has 0 amide bonds. The van der Waals surface area contributed by atoms with Crippen LogP contribution >= 0.6 is 12.2 Å². The zero-order valence-electron chi connectivity index (χ0n) is 20.3. The molecule has 0 spiro atoms. The van der Waals surface area contributed by atoms with E-state index in [0.29, 0.717) is 30.0 Å². The number of rotatable bonds is 9. The third kappa shape index (κ3) is 5.21. The van der Waals surface area contributed by atoms with Gasteiger partial charge in [-0.2, -0.15) is 4.98 Å². The predicted octanol–water partition coefficient (Wildman–Crippen LogP) is 5.70. The molecule has 1 atom stereocenters. The number of ether oxygens (including phenoxy) is 1. The highest BCUT2D eigenvalue weighted by Gasteiger charge is 2.33. The zero-order valence-corrected chi connectivity index (χ0v) is 21.1. The average Bonchev–Trinajstić information content (AvgIpc) is 3.33. The van der Waals surface area contributed by atoms with Crippen LogP contribution in [0.3, 0.4) is 0 Å². The SMILES string of the molecule is CCOCCCN1C(=S)NC(c2ccc(CC)cc2)C(c2nc(-c3ccc(C)cc3)no2)=C1C. The predicted molar refractivity (Wildman–Crippen MR) is 139 cm³/mol. The monoisotopic (exact) mass is 476 g/mol. The summed E-state index contributed by atoms with van der Waals surface area (Å²) < 4.78 is 11.4. The van der Waals surface area contributed by atoms with E-state index in [1.165, 1.54) is 11.1 Å². The van der Waals surface area contributed by atoms with Crippen molar-refractivity contribution in [3.05, 3.63) is 76.8 Å². The van der Waals surface area contributed by atoms with E-state index in [4.69, 9.17) is 26.5 Å². The second kappa shape index (κ2) is 10.9. The minimum Gasteiger partial charge on any atom is -0.382 e. The van der Waals surface area contributed by atoms with E-state index in [0.717, 1.165) is 41.8 Å². The first kappa shape index (κ1) is 24.1. The normalized spacial score (nSPS) is 16.2. The molecule has 2 heterocycles. The van der Waals surface area contributed by atoms with Crippen LogP contribution in [0.15, 0.2) is 58.8 Å². The Balaban J connectivity index is 1.72. The van der Waals surface area contributed by atoms with Gasteiger partial charge in [0.2, 0.25) is 5.82 Å². The molecule has 6 nitrogen and oxygen atoms in total. The molecule has 0 radical (unpaired) electrons. The summed E-state index contributed by atoms with van der Waals surface area (Å²) in [6.45, 7) is 10.5. The molecule has 1 aliphatic rings. The molecule has 1 aliphatic heterocycles. The molecule has 1 N–H and O–H groups in total. The van der Waals surface area contributed by atoms with Crippen LogP contribution in [0.5, 0.6) is 0 Å². The number of hydrogen-bond acceptors (Lipinski definition) is 5. The molecule has 0 saturated carbocycles. The summed E-state index contributed by atoms with van der Waals surface area (Å²) in [6, 6.07) is 16.6. The first-order valence-electron chi connectivity index (χ1n) is 11.9. The Labute approximate surface area is 207 Å². The highest BCUT2D eigenvalue weighted by atomic mass is 32.1. The highest BCUT2D eigenvalue weighted by molar-refractivity contribution is 7.80.